The van der Waals surface area contributed by atoms with Crippen molar-refractivity contribution in [2.24, 2.45) is 0 Å². The van der Waals surface area contributed by atoms with Crippen LogP contribution in [0.2, 0.25) is 0 Å². The highest BCUT2D eigenvalue weighted by molar-refractivity contribution is 9.10. The molecule has 0 atom stereocenters. The molecule has 2 aromatic carbocycles. The first kappa shape index (κ1) is 14.6. The summed E-state index contributed by atoms with van der Waals surface area (Å²) in [6.07, 6.45) is 5.31. The first-order valence-electron chi connectivity index (χ1n) is 6.92. The Balaban J connectivity index is 1.92. The number of carbonyl (C=O) groups excluding carboxylic acids is 1. The standard InChI is InChI=1S/C18H14BrN2O/c19-16-8-6-14(7-9-16)17-12-20-10-11-21(17)13-18(22)15-4-2-1-3-5-15/h1-12H,13H2/q+1. The minimum Gasteiger partial charge on any atom is -0.287 e. The van der Waals surface area contributed by atoms with Crippen LogP contribution in [0.15, 0.2) is 77.7 Å². The Morgan fingerprint density at radius 1 is 1.05 bits per heavy atom. The van der Waals surface area contributed by atoms with Gasteiger partial charge in [-0.15, -0.1) is 0 Å². The predicted molar refractivity (Wildman–Crippen MR) is 88.3 cm³/mol. The van der Waals surface area contributed by atoms with E-state index in [4.69, 9.17) is 0 Å². The molecule has 0 saturated heterocycles. The lowest BCUT2D eigenvalue weighted by atomic mass is 10.1. The van der Waals surface area contributed by atoms with E-state index in [0.717, 1.165) is 15.7 Å². The van der Waals surface area contributed by atoms with E-state index in [2.05, 4.69) is 20.9 Å². The summed E-state index contributed by atoms with van der Waals surface area (Å²) in [7, 11) is 0. The van der Waals surface area contributed by atoms with Crippen LogP contribution in [0, 0.1) is 0 Å². The Kier molecular flexibility index (Phi) is 4.39. The fourth-order valence-corrected chi connectivity index (χ4v) is 2.52. The van der Waals surface area contributed by atoms with Crippen molar-refractivity contribution in [3.05, 3.63) is 83.2 Å². The highest BCUT2D eigenvalue weighted by Gasteiger charge is 2.17. The van der Waals surface area contributed by atoms with Crippen molar-refractivity contribution in [1.29, 1.82) is 0 Å². The van der Waals surface area contributed by atoms with Crippen LogP contribution in [0.5, 0.6) is 0 Å². The molecule has 0 amide bonds. The molecule has 0 aliphatic rings. The Hall–Kier alpha value is -2.33. The molecule has 0 aliphatic carbocycles. The first-order chi connectivity index (χ1) is 10.7. The number of benzene rings is 2. The molecule has 4 heteroatoms. The summed E-state index contributed by atoms with van der Waals surface area (Å²) in [6, 6.07) is 17.3. The zero-order valence-electron chi connectivity index (χ0n) is 11.8. The third-order valence-electron chi connectivity index (χ3n) is 3.39. The maximum atomic E-state index is 12.4. The summed E-state index contributed by atoms with van der Waals surface area (Å²) in [5.74, 6) is 0.0789. The fraction of sp³-hybridized carbons (Fsp3) is 0.0556. The first-order valence-corrected chi connectivity index (χ1v) is 7.71. The van der Waals surface area contributed by atoms with Gasteiger partial charge in [-0.3, -0.25) is 9.78 Å². The number of hydrogen-bond donors (Lipinski definition) is 0. The zero-order chi connectivity index (χ0) is 15.4. The molecule has 3 aromatic rings. The van der Waals surface area contributed by atoms with Gasteiger partial charge in [0, 0.05) is 15.6 Å². The second kappa shape index (κ2) is 6.62. The SMILES string of the molecule is O=C(C[n+]1ccncc1-c1ccc(Br)cc1)c1ccccc1. The molecule has 108 valence electrons. The maximum absolute atomic E-state index is 12.4. The van der Waals surface area contributed by atoms with Gasteiger partial charge >= 0.3 is 0 Å². The maximum Gasteiger partial charge on any atom is 0.231 e. The molecule has 1 heterocycles. The smallest absolute Gasteiger partial charge is 0.231 e. The predicted octanol–water partition coefficient (Wildman–Crippen LogP) is 3.68. The number of carbonyl (C=O) groups is 1. The van der Waals surface area contributed by atoms with E-state index in [1.54, 1.807) is 12.4 Å². The normalized spacial score (nSPS) is 10.4. The third-order valence-corrected chi connectivity index (χ3v) is 3.92. The largest absolute Gasteiger partial charge is 0.287 e. The van der Waals surface area contributed by atoms with E-state index >= 15 is 0 Å². The topological polar surface area (TPSA) is 33.8 Å². The van der Waals surface area contributed by atoms with Crippen molar-refractivity contribution in [3.8, 4) is 11.3 Å². The Morgan fingerprint density at radius 2 is 1.77 bits per heavy atom. The second-order valence-electron chi connectivity index (χ2n) is 4.89. The second-order valence-corrected chi connectivity index (χ2v) is 5.80. The number of nitrogens with zero attached hydrogens (tertiary/aromatic N) is 2. The van der Waals surface area contributed by atoms with Crippen molar-refractivity contribution < 1.29 is 9.36 Å². The molecule has 0 bridgehead atoms. The Labute approximate surface area is 137 Å². The van der Waals surface area contributed by atoms with E-state index < -0.39 is 0 Å². The van der Waals surface area contributed by atoms with Gasteiger partial charge < -0.3 is 0 Å². The minimum absolute atomic E-state index is 0.0789. The van der Waals surface area contributed by atoms with Gasteiger partial charge in [0.15, 0.2) is 6.20 Å². The highest BCUT2D eigenvalue weighted by Crippen LogP contribution is 2.18. The number of aromatic nitrogens is 2. The van der Waals surface area contributed by atoms with E-state index in [-0.39, 0.29) is 12.3 Å². The van der Waals surface area contributed by atoms with Gasteiger partial charge in [-0.1, -0.05) is 46.3 Å². The summed E-state index contributed by atoms with van der Waals surface area (Å²) < 4.78 is 2.94. The molecule has 22 heavy (non-hydrogen) atoms. The van der Waals surface area contributed by atoms with Crippen molar-refractivity contribution in [2.45, 2.75) is 6.54 Å². The monoisotopic (exact) mass is 353 g/mol. The highest BCUT2D eigenvalue weighted by atomic mass is 79.9. The van der Waals surface area contributed by atoms with Crippen LogP contribution in [-0.4, -0.2) is 10.8 Å². The Morgan fingerprint density at radius 3 is 2.50 bits per heavy atom. The van der Waals surface area contributed by atoms with Crippen molar-refractivity contribution in [1.82, 2.24) is 4.98 Å². The molecule has 3 rings (SSSR count). The number of ketones is 1. The van der Waals surface area contributed by atoms with Gasteiger partial charge in [0.25, 0.3) is 0 Å². The molecule has 1 aromatic heterocycles. The van der Waals surface area contributed by atoms with Crippen LogP contribution in [0.3, 0.4) is 0 Å². The van der Waals surface area contributed by atoms with Crippen molar-refractivity contribution in [3.63, 3.8) is 0 Å². The lowest BCUT2D eigenvalue weighted by molar-refractivity contribution is -0.672. The van der Waals surface area contributed by atoms with E-state index in [1.165, 1.54) is 0 Å². The molecule has 0 aliphatic heterocycles. The third kappa shape index (κ3) is 3.28. The van der Waals surface area contributed by atoms with Crippen LogP contribution >= 0.6 is 15.9 Å². The number of halogens is 1. The van der Waals surface area contributed by atoms with Gasteiger partial charge in [-0.25, -0.2) is 0 Å². The van der Waals surface area contributed by atoms with Gasteiger partial charge in [0.1, 0.15) is 0 Å². The lowest BCUT2D eigenvalue weighted by Gasteiger charge is -2.04. The quantitative estimate of drug-likeness (QED) is 0.529. The van der Waals surface area contributed by atoms with Crippen LogP contribution in [0.25, 0.3) is 11.3 Å². The summed E-state index contributed by atoms with van der Waals surface area (Å²) >= 11 is 3.43. The molecule has 0 saturated carbocycles. The fourth-order valence-electron chi connectivity index (χ4n) is 2.26. The molecule has 0 radical (unpaired) electrons. The number of hydrogen-bond acceptors (Lipinski definition) is 2. The van der Waals surface area contributed by atoms with E-state index in [1.807, 2.05) is 65.4 Å². The number of Topliss-reactive ketones (excluding diaryl/α,β-unsaturated/α-hetero) is 1. The van der Waals surface area contributed by atoms with Crippen molar-refractivity contribution >= 4 is 21.7 Å². The summed E-state index contributed by atoms with van der Waals surface area (Å²) in [6.45, 7) is 0.290. The zero-order valence-corrected chi connectivity index (χ0v) is 13.4. The summed E-state index contributed by atoms with van der Waals surface area (Å²) in [5, 5.41) is 0. The van der Waals surface area contributed by atoms with Gasteiger partial charge in [0.05, 0.1) is 12.4 Å². The minimum atomic E-state index is 0.0789. The van der Waals surface area contributed by atoms with Gasteiger partial charge in [0.2, 0.25) is 18.0 Å². The van der Waals surface area contributed by atoms with Gasteiger partial charge in [-0.2, -0.15) is 4.57 Å². The number of rotatable bonds is 4. The molecule has 0 N–H and O–H groups in total. The Bertz CT molecular complexity index is 786. The molecule has 0 spiro atoms. The molecular formula is C18H14BrN2O+. The van der Waals surface area contributed by atoms with Crippen molar-refractivity contribution in [2.75, 3.05) is 0 Å². The van der Waals surface area contributed by atoms with Crippen LogP contribution in [0.1, 0.15) is 10.4 Å². The van der Waals surface area contributed by atoms with Crippen LogP contribution in [-0.2, 0) is 6.54 Å². The molecule has 0 fully saturated rings. The van der Waals surface area contributed by atoms with Gasteiger partial charge in [-0.05, 0) is 24.3 Å². The summed E-state index contributed by atoms with van der Waals surface area (Å²) in [4.78, 5) is 16.6. The lowest BCUT2D eigenvalue weighted by Crippen LogP contribution is -2.40. The molecular weight excluding hydrogens is 340 g/mol. The molecule has 0 unspecified atom stereocenters. The van der Waals surface area contributed by atoms with Crippen LogP contribution < -0.4 is 4.57 Å². The van der Waals surface area contributed by atoms with E-state index in [0.29, 0.717) is 5.56 Å². The molecule has 3 nitrogen and oxygen atoms in total. The van der Waals surface area contributed by atoms with E-state index in [9.17, 15) is 4.79 Å². The average Bonchev–Trinajstić information content (AvgIpc) is 2.57. The van der Waals surface area contributed by atoms with Crippen LogP contribution in [0.4, 0.5) is 0 Å². The average molecular weight is 354 g/mol. The summed E-state index contributed by atoms with van der Waals surface area (Å²) in [5.41, 5.74) is 2.66.